The Morgan fingerprint density at radius 1 is 1.24 bits per heavy atom. The number of primary amides is 1. The van der Waals surface area contributed by atoms with E-state index in [1.54, 1.807) is 0 Å². The maximum absolute atomic E-state index is 11.4. The van der Waals surface area contributed by atoms with Gasteiger partial charge in [-0.15, -0.1) is 0 Å². The minimum Gasteiger partial charge on any atom is -0.466 e. The van der Waals surface area contributed by atoms with Gasteiger partial charge in [0.2, 0.25) is 0 Å². The Bertz CT molecular complexity index is 241. The van der Waals surface area contributed by atoms with Crippen LogP contribution < -0.4 is 5.73 Å². The van der Waals surface area contributed by atoms with Crippen LogP contribution in [0, 0.1) is 11.8 Å². The van der Waals surface area contributed by atoms with E-state index in [1.807, 2.05) is 6.92 Å². The first-order valence-electron chi connectivity index (χ1n) is 6.03. The van der Waals surface area contributed by atoms with Crippen molar-refractivity contribution in [3.8, 4) is 0 Å². The number of nitrogens with two attached hydrogens (primary N) is 1. The van der Waals surface area contributed by atoms with Crippen LogP contribution in [-0.4, -0.2) is 25.3 Å². The molecule has 0 saturated carbocycles. The molecular formula is C12H23NO4. The van der Waals surface area contributed by atoms with Crippen molar-refractivity contribution >= 4 is 12.1 Å². The number of amides is 1. The van der Waals surface area contributed by atoms with Gasteiger partial charge in [-0.3, -0.25) is 4.79 Å². The van der Waals surface area contributed by atoms with Crippen molar-refractivity contribution in [2.45, 2.75) is 40.0 Å². The molecule has 1 amide bonds. The SMILES string of the molecule is CCCOC(=O)C[C@@H](COC(N)=O)CC(C)C. The molecule has 0 aliphatic carbocycles. The number of esters is 1. The smallest absolute Gasteiger partial charge is 0.404 e. The highest BCUT2D eigenvalue weighted by Gasteiger charge is 2.17. The summed E-state index contributed by atoms with van der Waals surface area (Å²) in [5.41, 5.74) is 4.91. The van der Waals surface area contributed by atoms with Crippen LogP contribution in [0.5, 0.6) is 0 Å². The number of hydrogen-bond acceptors (Lipinski definition) is 4. The topological polar surface area (TPSA) is 78.6 Å². The fourth-order valence-corrected chi connectivity index (χ4v) is 1.59. The van der Waals surface area contributed by atoms with Crippen LogP contribution in [0.15, 0.2) is 0 Å². The third-order valence-corrected chi connectivity index (χ3v) is 2.19. The molecule has 0 saturated heterocycles. The van der Waals surface area contributed by atoms with E-state index in [4.69, 9.17) is 15.2 Å². The first kappa shape index (κ1) is 15.7. The first-order valence-corrected chi connectivity index (χ1v) is 6.03. The Labute approximate surface area is 103 Å². The largest absolute Gasteiger partial charge is 0.466 e. The zero-order valence-corrected chi connectivity index (χ0v) is 10.9. The molecule has 0 aromatic rings. The number of rotatable bonds is 8. The Hall–Kier alpha value is -1.26. The summed E-state index contributed by atoms with van der Waals surface area (Å²) in [4.78, 5) is 22.0. The predicted molar refractivity (Wildman–Crippen MR) is 64.3 cm³/mol. The number of carbonyl (C=O) groups excluding carboxylic acids is 2. The lowest BCUT2D eigenvalue weighted by Gasteiger charge is -2.17. The van der Waals surface area contributed by atoms with Gasteiger partial charge in [-0.2, -0.15) is 0 Å². The molecule has 0 aromatic carbocycles. The Balaban J connectivity index is 4.07. The zero-order valence-electron chi connectivity index (χ0n) is 10.9. The molecule has 1 atom stereocenters. The summed E-state index contributed by atoms with van der Waals surface area (Å²) in [5.74, 6) is 0.160. The standard InChI is InChI=1S/C12H23NO4/c1-4-5-16-11(14)7-10(6-9(2)3)8-17-12(13)15/h9-10H,4-8H2,1-3H3,(H2,13,15)/t10-/m0/s1. The van der Waals surface area contributed by atoms with E-state index in [9.17, 15) is 9.59 Å². The van der Waals surface area contributed by atoms with E-state index in [0.29, 0.717) is 12.5 Å². The van der Waals surface area contributed by atoms with Crippen LogP contribution in [0.1, 0.15) is 40.0 Å². The van der Waals surface area contributed by atoms with E-state index >= 15 is 0 Å². The lowest BCUT2D eigenvalue weighted by molar-refractivity contribution is -0.145. The summed E-state index contributed by atoms with van der Waals surface area (Å²) in [5, 5.41) is 0. The summed E-state index contributed by atoms with van der Waals surface area (Å²) in [6, 6.07) is 0. The Morgan fingerprint density at radius 2 is 1.88 bits per heavy atom. The lowest BCUT2D eigenvalue weighted by Crippen LogP contribution is -2.22. The fourth-order valence-electron chi connectivity index (χ4n) is 1.59. The monoisotopic (exact) mass is 245 g/mol. The highest BCUT2D eigenvalue weighted by Crippen LogP contribution is 2.16. The molecule has 0 rings (SSSR count). The van der Waals surface area contributed by atoms with E-state index in [2.05, 4.69) is 13.8 Å². The second-order valence-electron chi connectivity index (χ2n) is 4.55. The summed E-state index contributed by atoms with van der Waals surface area (Å²) in [7, 11) is 0. The third kappa shape index (κ3) is 9.66. The number of hydrogen-bond donors (Lipinski definition) is 1. The summed E-state index contributed by atoms with van der Waals surface area (Å²) < 4.78 is 9.74. The molecule has 0 aliphatic rings. The van der Waals surface area contributed by atoms with Gasteiger partial charge < -0.3 is 15.2 Å². The minimum absolute atomic E-state index is 0.0214. The minimum atomic E-state index is -0.805. The van der Waals surface area contributed by atoms with Crippen molar-refractivity contribution in [2.24, 2.45) is 17.6 Å². The molecule has 0 unspecified atom stereocenters. The summed E-state index contributed by atoms with van der Waals surface area (Å²) >= 11 is 0. The fraction of sp³-hybridized carbons (Fsp3) is 0.833. The second kappa shape index (κ2) is 8.84. The van der Waals surface area contributed by atoms with E-state index in [1.165, 1.54) is 0 Å². The normalized spacial score (nSPS) is 12.2. The van der Waals surface area contributed by atoms with Crippen molar-refractivity contribution < 1.29 is 19.1 Å². The van der Waals surface area contributed by atoms with Crippen LogP contribution in [0.4, 0.5) is 4.79 Å². The van der Waals surface area contributed by atoms with Gasteiger partial charge in [0.1, 0.15) is 0 Å². The maximum Gasteiger partial charge on any atom is 0.404 e. The molecule has 2 N–H and O–H groups in total. The van der Waals surface area contributed by atoms with Crippen LogP contribution in [0.2, 0.25) is 0 Å². The maximum atomic E-state index is 11.4. The zero-order chi connectivity index (χ0) is 13.3. The van der Waals surface area contributed by atoms with Crippen molar-refractivity contribution in [3.63, 3.8) is 0 Å². The molecule has 0 radical (unpaired) electrons. The van der Waals surface area contributed by atoms with Crippen molar-refractivity contribution in [3.05, 3.63) is 0 Å². The average molecular weight is 245 g/mol. The van der Waals surface area contributed by atoms with Gasteiger partial charge in [-0.25, -0.2) is 4.79 Å². The molecule has 0 aliphatic heterocycles. The molecule has 5 nitrogen and oxygen atoms in total. The van der Waals surface area contributed by atoms with E-state index in [0.717, 1.165) is 12.8 Å². The van der Waals surface area contributed by atoms with Gasteiger partial charge in [0.05, 0.1) is 19.6 Å². The highest BCUT2D eigenvalue weighted by atomic mass is 16.5. The molecular weight excluding hydrogens is 222 g/mol. The van der Waals surface area contributed by atoms with E-state index in [-0.39, 0.29) is 24.9 Å². The average Bonchev–Trinajstić information content (AvgIpc) is 2.22. The van der Waals surface area contributed by atoms with Crippen LogP contribution >= 0.6 is 0 Å². The molecule has 0 heterocycles. The quantitative estimate of drug-likeness (QED) is 0.664. The van der Waals surface area contributed by atoms with Crippen LogP contribution in [0.25, 0.3) is 0 Å². The number of ether oxygens (including phenoxy) is 2. The van der Waals surface area contributed by atoms with Gasteiger partial charge in [0, 0.05) is 5.92 Å². The second-order valence-corrected chi connectivity index (χ2v) is 4.55. The van der Waals surface area contributed by atoms with Crippen LogP contribution in [0.3, 0.4) is 0 Å². The van der Waals surface area contributed by atoms with Gasteiger partial charge in [-0.1, -0.05) is 20.8 Å². The summed E-state index contributed by atoms with van der Waals surface area (Å²) in [6.07, 6.45) is 1.07. The lowest BCUT2D eigenvalue weighted by atomic mass is 9.95. The summed E-state index contributed by atoms with van der Waals surface area (Å²) in [6.45, 7) is 6.65. The van der Waals surface area contributed by atoms with Crippen LogP contribution in [-0.2, 0) is 14.3 Å². The van der Waals surface area contributed by atoms with Crippen molar-refractivity contribution in [1.82, 2.24) is 0 Å². The van der Waals surface area contributed by atoms with Gasteiger partial charge in [-0.05, 0) is 18.8 Å². The van der Waals surface area contributed by atoms with Crippen molar-refractivity contribution in [2.75, 3.05) is 13.2 Å². The molecule has 5 heteroatoms. The van der Waals surface area contributed by atoms with Gasteiger partial charge in [0.15, 0.2) is 0 Å². The number of carbonyl (C=O) groups is 2. The molecule has 0 bridgehead atoms. The van der Waals surface area contributed by atoms with E-state index < -0.39 is 6.09 Å². The Kier molecular flexibility index (Phi) is 8.19. The molecule has 100 valence electrons. The van der Waals surface area contributed by atoms with Gasteiger partial charge in [0.25, 0.3) is 0 Å². The molecule has 0 aromatic heterocycles. The van der Waals surface area contributed by atoms with Gasteiger partial charge >= 0.3 is 12.1 Å². The molecule has 0 fully saturated rings. The molecule has 0 spiro atoms. The third-order valence-electron chi connectivity index (χ3n) is 2.19. The predicted octanol–water partition coefficient (Wildman–Crippen LogP) is 2.09. The highest BCUT2D eigenvalue weighted by molar-refractivity contribution is 5.69. The Morgan fingerprint density at radius 3 is 2.35 bits per heavy atom. The molecule has 17 heavy (non-hydrogen) atoms. The van der Waals surface area contributed by atoms with Crippen molar-refractivity contribution in [1.29, 1.82) is 0 Å². The first-order chi connectivity index (χ1) is 7.95.